The molecule has 0 spiro atoms. The fraction of sp³-hybridized carbons (Fsp3) is 0.667. The first-order valence-electron chi connectivity index (χ1n) is 5.15. The molecule has 20 heavy (non-hydrogen) atoms. The third-order valence-corrected chi connectivity index (χ3v) is 4.14. The Bertz CT molecular complexity index is 390. The zero-order valence-electron chi connectivity index (χ0n) is 11.4. The van der Waals surface area contributed by atoms with Crippen LogP contribution in [0.3, 0.4) is 0 Å². The molecular weight excluding hydrogens is 338 g/mol. The molecule has 0 radical (unpaired) electrons. The summed E-state index contributed by atoms with van der Waals surface area (Å²) in [6.07, 6.45) is 0. The third-order valence-electron chi connectivity index (χ3n) is 1.49. The Morgan fingerprint density at radius 1 is 1.05 bits per heavy atom. The van der Waals surface area contributed by atoms with Crippen molar-refractivity contribution in [3.8, 4) is 0 Å². The molecule has 0 saturated carbocycles. The predicted octanol–water partition coefficient (Wildman–Crippen LogP) is -1.74. The minimum atomic E-state index is -4.74. The number of carbonyl (C=O) groups excluding carboxylic acids is 3. The van der Waals surface area contributed by atoms with Crippen LogP contribution in [0, 0.1) is 0 Å². The van der Waals surface area contributed by atoms with Crippen LogP contribution in [0.15, 0.2) is 0 Å². The van der Waals surface area contributed by atoms with Crippen LogP contribution in [0.25, 0.3) is 0 Å². The molecule has 0 N–H and O–H groups in total. The molecule has 0 amide bonds. The Balaban J connectivity index is 0. The van der Waals surface area contributed by atoms with Crippen molar-refractivity contribution in [1.82, 2.24) is 0 Å². The van der Waals surface area contributed by atoms with Gasteiger partial charge >= 0.3 is 35.3 Å². The Morgan fingerprint density at radius 3 is 1.95 bits per heavy atom. The summed E-state index contributed by atoms with van der Waals surface area (Å²) in [6.45, 7) is 2.21. The topological polar surface area (TPSA) is 110 Å². The van der Waals surface area contributed by atoms with Gasteiger partial charge in [0.05, 0.1) is 6.61 Å². The van der Waals surface area contributed by atoms with Crippen LogP contribution in [0.4, 0.5) is 4.79 Å². The van der Waals surface area contributed by atoms with Crippen molar-refractivity contribution < 1.29 is 62.7 Å². The van der Waals surface area contributed by atoms with Gasteiger partial charge in [-0.05, 0) is 0 Å². The molecule has 1 atom stereocenters. The first-order chi connectivity index (χ1) is 8.75. The number of hydrogen-bond acceptors (Lipinski definition) is 9. The van der Waals surface area contributed by atoms with Crippen molar-refractivity contribution in [3.05, 3.63) is 0 Å². The molecule has 0 rings (SSSR count). The molecule has 0 saturated heterocycles. The molecule has 0 aromatic heterocycles. The van der Waals surface area contributed by atoms with Gasteiger partial charge in [0, 0.05) is 25.4 Å². The number of carbonyl (C=O) groups is 3. The SMILES string of the molecule is CC(=O)SCCOC(=O)P(=O)([O-])OCCSC(C)=O.[Na+]. The second-order valence-corrected chi connectivity index (χ2v) is 7.29. The number of rotatable bonds is 8. The van der Waals surface area contributed by atoms with E-state index in [0.29, 0.717) is 0 Å². The van der Waals surface area contributed by atoms with Gasteiger partial charge in [-0.25, -0.2) is 4.79 Å². The largest absolute Gasteiger partial charge is 1.00 e. The molecule has 0 fully saturated rings. The first-order valence-corrected chi connectivity index (χ1v) is 8.66. The molecule has 0 bridgehead atoms. The van der Waals surface area contributed by atoms with Gasteiger partial charge in [0.15, 0.2) is 10.2 Å². The van der Waals surface area contributed by atoms with Crippen molar-refractivity contribution in [2.75, 3.05) is 24.7 Å². The summed E-state index contributed by atoms with van der Waals surface area (Å²) in [4.78, 5) is 43.5. The van der Waals surface area contributed by atoms with Gasteiger partial charge in [-0.2, -0.15) is 0 Å². The molecule has 110 valence electrons. The van der Waals surface area contributed by atoms with Gasteiger partial charge in [-0.1, -0.05) is 23.5 Å². The van der Waals surface area contributed by atoms with Crippen molar-refractivity contribution in [1.29, 1.82) is 0 Å². The minimum absolute atomic E-state index is 0. The molecule has 0 aromatic rings. The summed E-state index contributed by atoms with van der Waals surface area (Å²) in [5.74, 6) is 0.316. The Labute approximate surface area is 147 Å². The van der Waals surface area contributed by atoms with Crippen molar-refractivity contribution in [3.63, 3.8) is 0 Å². The molecular formula is C9H14NaO7PS2. The van der Waals surface area contributed by atoms with Crippen LogP contribution in [-0.2, 0) is 23.4 Å². The molecule has 0 heterocycles. The van der Waals surface area contributed by atoms with E-state index in [-0.39, 0.29) is 64.5 Å². The Kier molecular flexibility index (Phi) is 14.0. The van der Waals surface area contributed by atoms with E-state index < -0.39 is 13.3 Å². The standard InChI is InChI=1S/C9H15O7PS2.Na/c1-7(10)18-5-3-15-9(12)17(13,14)16-4-6-19-8(2)11;/h3-6H2,1-2H3,(H,13,14);/q;+1/p-1. The van der Waals surface area contributed by atoms with E-state index in [1.807, 2.05) is 0 Å². The van der Waals surface area contributed by atoms with Crippen LogP contribution in [0.5, 0.6) is 0 Å². The number of hydrogen-bond donors (Lipinski definition) is 0. The fourth-order valence-electron chi connectivity index (χ4n) is 0.789. The van der Waals surface area contributed by atoms with E-state index in [1.165, 1.54) is 13.8 Å². The molecule has 0 aromatic carbocycles. The van der Waals surface area contributed by atoms with Gasteiger partial charge < -0.3 is 14.2 Å². The van der Waals surface area contributed by atoms with Crippen molar-refractivity contribution >= 4 is 47.1 Å². The van der Waals surface area contributed by atoms with Gasteiger partial charge in [-0.15, -0.1) is 0 Å². The summed E-state index contributed by atoms with van der Waals surface area (Å²) in [6, 6.07) is 0. The average molecular weight is 352 g/mol. The molecule has 0 aliphatic rings. The van der Waals surface area contributed by atoms with Gasteiger partial charge in [0.25, 0.3) is 0 Å². The summed E-state index contributed by atoms with van der Waals surface area (Å²) in [5, 5.41) is -0.327. The molecule has 1 unspecified atom stereocenters. The summed E-state index contributed by atoms with van der Waals surface area (Å²) in [7, 11) is -4.74. The van der Waals surface area contributed by atoms with E-state index in [2.05, 4.69) is 9.26 Å². The monoisotopic (exact) mass is 352 g/mol. The fourth-order valence-corrected chi connectivity index (χ4v) is 2.51. The Hall–Kier alpha value is 0.660. The van der Waals surface area contributed by atoms with Crippen molar-refractivity contribution in [2.24, 2.45) is 0 Å². The summed E-state index contributed by atoms with van der Waals surface area (Å²) < 4.78 is 20.1. The van der Waals surface area contributed by atoms with Crippen LogP contribution < -0.4 is 34.5 Å². The normalized spacial score (nSPS) is 12.9. The maximum Gasteiger partial charge on any atom is 1.00 e. The quantitative estimate of drug-likeness (QED) is 0.285. The third kappa shape index (κ3) is 12.4. The summed E-state index contributed by atoms with van der Waals surface area (Å²) >= 11 is 1.81. The van der Waals surface area contributed by atoms with Crippen LogP contribution >= 0.6 is 31.1 Å². The van der Waals surface area contributed by atoms with E-state index in [9.17, 15) is 23.8 Å². The van der Waals surface area contributed by atoms with E-state index in [4.69, 9.17) is 0 Å². The van der Waals surface area contributed by atoms with Crippen LogP contribution in [-0.4, -0.2) is 40.7 Å². The van der Waals surface area contributed by atoms with E-state index >= 15 is 0 Å². The second kappa shape index (κ2) is 12.2. The smallest absolute Gasteiger partial charge is 0.770 e. The molecule has 11 heteroatoms. The van der Waals surface area contributed by atoms with Gasteiger partial charge in [-0.3, -0.25) is 14.2 Å². The predicted molar refractivity (Wildman–Crippen MR) is 71.2 cm³/mol. The molecule has 0 aliphatic carbocycles. The van der Waals surface area contributed by atoms with Crippen LogP contribution in [0.1, 0.15) is 13.8 Å². The van der Waals surface area contributed by atoms with Crippen molar-refractivity contribution in [2.45, 2.75) is 13.8 Å². The van der Waals surface area contributed by atoms with E-state index in [1.54, 1.807) is 0 Å². The zero-order valence-corrected chi connectivity index (χ0v) is 16.0. The van der Waals surface area contributed by atoms with Crippen LogP contribution in [0.2, 0.25) is 0 Å². The number of thioether (sulfide) groups is 2. The molecule has 0 aliphatic heterocycles. The average Bonchev–Trinajstić information content (AvgIpc) is 2.29. The first kappa shape index (κ1) is 22.9. The number of ether oxygens (including phenoxy) is 1. The summed E-state index contributed by atoms with van der Waals surface area (Å²) in [5.41, 5.74) is -1.47. The maximum atomic E-state index is 11.3. The zero-order chi connectivity index (χ0) is 14.9. The molecule has 7 nitrogen and oxygen atoms in total. The van der Waals surface area contributed by atoms with Gasteiger partial charge in [0.2, 0.25) is 7.60 Å². The second-order valence-electron chi connectivity index (χ2n) is 3.13. The van der Waals surface area contributed by atoms with E-state index in [0.717, 1.165) is 23.5 Å². The minimum Gasteiger partial charge on any atom is -0.770 e. The Morgan fingerprint density at radius 2 is 1.50 bits per heavy atom. The maximum absolute atomic E-state index is 11.3. The van der Waals surface area contributed by atoms with Gasteiger partial charge in [0.1, 0.15) is 6.61 Å².